The van der Waals surface area contributed by atoms with Gasteiger partial charge < -0.3 is 10.1 Å². The maximum absolute atomic E-state index is 12.8. The number of ether oxygens (including phenoxy) is 1. The average molecular weight is 472 g/mol. The average Bonchev–Trinajstić information content (AvgIpc) is 2.74. The Hall–Kier alpha value is -2.63. The third kappa shape index (κ3) is 5.78. The summed E-state index contributed by atoms with van der Waals surface area (Å²) in [5.41, 5.74) is 1.67. The van der Waals surface area contributed by atoms with Crippen LogP contribution in [-0.2, 0) is 14.8 Å². The number of carbonyl (C=O) groups is 1. The van der Waals surface area contributed by atoms with Crippen molar-refractivity contribution in [1.82, 2.24) is 9.21 Å². The minimum Gasteiger partial charge on any atom is -0.406 e. The molecule has 32 heavy (non-hydrogen) atoms. The number of para-hydroxylation sites is 1. The molecule has 0 aliphatic carbocycles. The number of anilines is 1. The predicted molar refractivity (Wildman–Crippen MR) is 113 cm³/mol. The van der Waals surface area contributed by atoms with Gasteiger partial charge in [0, 0.05) is 31.9 Å². The Morgan fingerprint density at radius 1 is 1.03 bits per heavy atom. The number of alkyl halides is 3. The topological polar surface area (TPSA) is 79.0 Å². The quantitative estimate of drug-likeness (QED) is 0.700. The van der Waals surface area contributed by atoms with Crippen LogP contribution in [0, 0.1) is 6.92 Å². The van der Waals surface area contributed by atoms with Crippen LogP contribution in [0.5, 0.6) is 5.75 Å². The largest absolute Gasteiger partial charge is 0.573 e. The number of rotatable bonds is 6. The molecule has 0 radical (unpaired) electrons. The van der Waals surface area contributed by atoms with Crippen molar-refractivity contribution in [1.29, 1.82) is 0 Å². The van der Waals surface area contributed by atoms with E-state index in [0.29, 0.717) is 13.1 Å². The number of sulfonamides is 1. The van der Waals surface area contributed by atoms with Crippen molar-refractivity contribution < 1.29 is 31.1 Å². The Morgan fingerprint density at radius 2 is 1.62 bits per heavy atom. The number of amides is 1. The van der Waals surface area contributed by atoms with Gasteiger partial charge in [-0.25, -0.2) is 8.42 Å². The van der Waals surface area contributed by atoms with E-state index in [1.165, 1.54) is 4.31 Å². The van der Waals surface area contributed by atoms with E-state index < -0.39 is 28.2 Å². The van der Waals surface area contributed by atoms with Crippen LogP contribution in [0.2, 0.25) is 0 Å². The van der Waals surface area contributed by atoms with Gasteiger partial charge in [-0.1, -0.05) is 18.2 Å². The number of nitrogens with one attached hydrogen (secondary N) is 1. The van der Waals surface area contributed by atoms with Crippen molar-refractivity contribution in [3.8, 4) is 5.75 Å². The van der Waals surface area contributed by atoms with Crippen molar-refractivity contribution in [2.45, 2.75) is 31.1 Å². The number of benzene rings is 2. The van der Waals surface area contributed by atoms with Gasteiger partial charge in [-0.15, -0.1) is 13.2 Å². The van der Waals surface area contributed by atoms with Crippen molar-refractivity contribution in [2.24, 2.45) is 0 Å². The Kier molecular flexibility index (Phi) is 7.11. The third-order valence-corrected chi connectivity index (χ3v) is 7.21. The molecule has 1 atom stereocenters. The molecular formula is C21H24F3N3O4S. The van der Waals surface area contributed by atoms with Gasteiger partial charge in [0.05, 0.1) is 10.9 Å². The first-order valence-corrected chi connectivity index (χ1v) is 11.4. The minimum absolute atomic E-state index is 0.120. The molecule has 0 spiro atoms. The molecular weight excluding hydrogens is 447 g/mol. The summed E-state index contributed by atoms with van der Waals surface area (Å²) < 4.78 is 67.6. The molecule has 1 fully saturated rings. The van der Waals surface area contributed by atoms with Crippen LogP contribution in [0.3, 0.4) is 0 Å². The van der Waals surface area contributed by atoms with Crippen LogP contribution in [0.25, 0.3) is 0 Å². The fraction of sp³-hybridized carbons (Fsp3) is 0.381. The smallest absolute Gasteiger partial charge is 0.406 e. The first-order valence-electron chi connectivity index (χ1n) is 9.94. The molecule has 0 saturated carbocycles. The van der Waals surface area contributed by atoms with E-state index in [1.807, 2.05) is 36.1 Å². The minimum atomic E-state index is -4.85. The Bertz CT molecular complexity index is 1050. The highest BCUT2D eigenvalue weighted by molar-refractivity contribution is 7.89. The second-order valence-corrected chi connectivity index (χ2v) is 9.38. The number of hydrogen-bond acceptors (Lipinski definition) is 5. The fourth-order valence-electron chi connectivity index (χ4n) is 3.41. The molecule has 1 N–H and O–H groups in total. The Morgan fingerprint density at radius 3 is 2.19 bits per heavy atom. The molecule has 1 heterocycles. The van der Waals surface area contributed by atoms with Crippen molar-refractivity contribution in [2.75, 3.05) is 31.5 Å². The van der Waals surface area contributed by atoms with Gasteiger partial charge in [-0.3, -0.25) is 9.69 Å². The molecule has 2 aromatic rings. The van der Waals surface area contributed by atoms with E-state index in [-0.39, 0.29) is 23.9 Å². The first kappa shape index (κ1) is 24.0. The van der Waals surface area contributed by atoms with E-state index >= 15 is 0 Å². The normalized spacial score (nSPS) is 17.0. The summed E-state index contributed by atoms with van der Waals surface area (Å²) in [5.74, 6) is -0.675. The zero-order valence-corrected chi connectivity index (χ0v) is 18.4. The summed E-state index contributed by atoms with van der Waals surface area (Å²) in [6.07, 6.45) is -4.85. The maximum Gasteiger partial charge on any atom is 0.573 e. The summed E-state index contributed by atoms with van der Waals surface area (Å²) in [7, 11) is -3.88. The standard InChI is InChI=1S/C21H24F3N3O4S/c1-15-5-3-4-6-19(15)25-20(28)16(2)26-11-13-27(14-12-26)32(29,30)18-9-7-17(8-10-18)31-21(22,23)24/h3-10,16H,11-14H2,1-2H3,(H,25,28). The molecule has 2 aromatic carbocycles. The van der Waals surface area contributed by atoms with E-state index in [2.05, 4.69) is 10.1 Å². The molecule has 0 bridgehead atoms. The number of piperazine rings is 1. The highest BCUT2D eigenvalue weighted by atomic mass is 32.2. The van der Waals surface area contributed by atoms with Crippen molar-refractivity contribution in [3.05, 3.63) is 54.1 Å². The maximum atomic E-state index is 12.8. The number of carbonyl (C=O) groups excluding carboxylic acids is 1. The van der Waals surface area contributed by atoms with Crippen LogP contribution < -0.4 is 10.1 Å². The second-order valence-electron chi connectivity index (χ2n) is 7.44. The molecule has 3 rings (SSSR count). The van der Waals surface area contributed by atoms with E-state index in [0.717, 1.165) is 35.5 Å². The van der Waals surface area contributed by atoms with Gasteiger partial charge in [0.15, 0.2) is 0 Å². The van der Waals surface area contributed by atoms with Gasteiger partial charge >= 0.3 is 6.36 Å². The molecule has 11 heteroatoms. The number of halogens is 3. The Balaban J connectivity index is 1.59. The Labute approximate surface area is 184 Å². The number of aryl methyl sites for hydroxylation is 1. The van der Waals surface area contributed by atoms with E-state index in [9.17, 15) is 26.4 Å². The lowest BCUT2D eigenvalue weighted by atomic mass is 10.2. The summed E-state index contributed by atoms with van der Waals surface area (Å²) in [5, 5.41) is 2.89. The summed E-state index contributed by atoms with van der Waals surface area (Å²) in [6.45, 7) is 4.66. The molecule has 1 unspecified atom stereocenters. The van der Waals surface area contributed by atoms with Gasteiger partial charge in [0.2, 0.25) is 15.9 Å². The molecule has 1 amide bonds. The van der Waals surface area contributed by atoms with Crippen LogP contribution >= 0.6 is 0 Å². The van der Waals surface area contributed by atoms with Crippen LogP contribution in [0.1, 0.15) is 12.5 Å². The molecule has 1 aliphatic rings. The second kappa shape index (κ2) is 9.47. The van der Waals surface area contributed by atoms with Crippen molar-refractivity contribution >= 4 is 21.6 Å². The van der Waals surface area contributed by atoms with Crippen LogP contribution in [-0.4, -0.2) is 62.1 Å². The van der Waals surface area contributed by atoms with Gasteiger partial charge in [-0.05, 0) is 49.7 Å². The fourth-order valence-corrected chi connectivity index (χ4v) is 4.83. The van der Waals surface area contributed by atoms with Crippen LogP contribution in [0.4, 0.5) is 18.9 Å². The summed E-state index contributed by atoms with van der Waals surface area (Å²) in [6, 6.07) is 11.1. The summed E-state index contributed by atoms with van der Waals surface area (Å²) in [4.78, 5) is 14.4. The van der Waals surface area contributed by atoms with Crippen molar-refractivity contribution in [3.63, 3.8) is 0 Å². The van der Waals surface area contributed by atoms with E-state index in [1.54, 1.807) is 6.92 Å². The van der Waals surface area contributed by atoms with Gasteiger partial charge in [0.1, 0.15) is 5.75 Å². The highest BCUT2D eigenvalue weighted by Gasteiger charge is 2.33. The van der Waals surface area contributed by atoms with E-state index in [4.69, 9.17) is 0 Å². The summed E-state index contributed by atoms with van der Waals surface area (Å²) >= 11 is 0. The van der Waals surface area contributed by atoms with Gasteiger partial charge in [0.25, 0.3) is 0 Å². The number of nitrogens with zero attached hydrogens (tertiary/aromatic N) is 2. The number of hydrogen-bond donors (Lipinski definition) is 1. The molecule has 0 aromatic heterocycles. The lowest BCUT2D eigenvalue weighted by Gasteiger charge is -2.36. The SMILES string of the molecule is Cc1ccccc1NC(=O)C(C)N1CCN(S(=O)(=O)c2ccc(OC(F)(F)F)cc2)CC1. The monoisotopic (exact) mass is 471 g/mol. The zero-order chi connectivity index (χ0) is 23.5. The molecule has 1 aliphatic heterocycles. The molecule has 1 saturated heterocycles. The van der Waals surface area contributed by atoms with Gasteiger partial charge in [-0.2, -0.15) is 4.31 Å². The van der Waals surface area contributed by atoms with Crippen LogP contribution in [0.15, 0.2) is 53.4 Å². The predicted octanol–water partition coefficient (Wildman–Crippen LogP) is 3.23. The third-order valence-electron chi connectivity index (χ3n) is 5.30. The lowest BCUT2D eigenvalue weighted by molar-refractivity contribution is -0.274. The highest BCUT2D eigenvalue weighted by Crippen LogP contribution is 2.25. The first-order chi connectivity index (χ1) is 15.0. The zero-order valence-electron chi connectivity index (χ0n) is 17.6. The lowest BCUT2D eigenvalue weighted by Crippen LogP contribution is -2.53. The molecule has 174 valence electrons. The molecule has 7 nitrogen and oxygen atoms in total.